The van der Waals surface area contributed by atoms with E-state index in [0.29, 0.717) is 0 Å². The van der Waals surface area contributed by atoms with Gasteiger partial charge in [-0.25, -0.2) is 0 Å². The fourth-order valence-corrected chi connectivity index (χ4v) is 0. The average molecular weight is 495 g/mol. The average Bonchev–Trinajstić information content (AvgIpc) is 0. The molecule has 6 heteroatoms. The molecule has 0 saturated heterocycles. The molecule has 0 unspecified atom stereocenters. The summed E-state index contributed by atoms with van der Waals surface area (Å²) in [5.74, 6) is 0. The molecule has 6 heavy (non-hydrogen) atoms. The Hall–Kier alpha value is 1.68. The topological polar surface area (TPSA) is 126 Å². The predicted octanol–water partition coefficient (Wildman–Crippen LogP) is -3.08. The van der Waals surface area contributed by atoms with Gasteiger partial charge < -0.3 is 21.9 Å². The zero-order chi connectivity index (χ0) is 0. The second-order valence-electron chi connectivity index (χ2n) is 0. The van der Waals surface area contributed by atoms with Crippen LogP contribution in [0, 0.1) is 0 Å². The van der Waals surface area contributed by atoms with Crippen LogP contribution in [0.4, 0.5) is 0 Å². The Balaban J connectivity index is 0. The van der Waals surface area contributed by atoms with Crippen LogP contribution in [0.25, 0.3) is 0 Å². The van der Waals surface area contributed by atoms with Crippen LogP contribution in [0.5, 0.6) is 0 Å². The molecule has 0 spiro atoms. The van der Waals surface area contributed by atoms with Gasteiger partial charge in [0.15, 0.2) is 0 Å². The van der Waals surface area contributed by atoms with E-state index in [1.807, 2.05) is 0 Å². The van der Waals surface area contributed by atoms with Crippen molar-refractivity contribution in [3.05, 3.63) is 0 Å². The second-order valence-corrected chi connectivity index (χ2v) is 0. The van der Waals surface area contributed by atoms with E-state index in [9.17, 15) is 0 Å². The van der Waals surface area contributed by atoms with Gasteiger partial charge in [-0.1, -0.05) is 0 Å². The molecule has 0 fully saturated rings. The Morgan fingerprint density at radius 1 is 0.500 bits per heavy atom. The van der Waals surface area contributed by atoms with Crippen molar-refractivity contribution in [3.63, 3.8) is 0 Å². The van der Waals surface area contributed by atoms with E-state index in [-0.39, 0.29) is 82.2 Å². The number of rotatable bonds is 0. The molecule has 0 saturated carbocycles. The summed E-state index contributed by atoms with van der Waals surface area (Å²) in [6.07, 6.45) is 0. The van der Waals surface area contributed by atoms with Crippen molar-refractivity contribution < 1.29 is 27.6 Å². The zero-order valence-corrected chi connectivity index (χ0v) is 10.8. The maximum Gasteiger partial charge on any atom is 0 e. The maximum absolute atomic E-state index is 0. The molecule has 0 rings (SSSR count). The fourth-order valence-electron chi connectivity index (χ4n) is 0. The largest absolute Gasteiger partial charge is 0.412 e. The Bertz CT molecular complexity index is 15.2. The van der Waals surface area contributed by atoms with Gasteiger partial charge in [-0.15, -0.1) is 0 Å². The molecule has 0 atom stereocenters. The van der Waals surface area contributed by atoms with Crippen LogP contribution in [0.2, 0.25) is 0 Å². The van der Waals surface area contributed by atoms with Gasteiger partial charge in [-0.3, -0.25) is 0 Å². The summed E-state index contributed by atoms with van der Waals surface area (Å²) >= 11 is 0. The first kappa shape index (κ1) is 121. The molecule has 0 aliphatic carbocycles. The predicted molar refractivity (Wildman–Crippen MR) is 34.4 cm³/mol. The number of hydrogen-bond acceptors (Lipinski definition) is 0. The molecule has 0 bridgehead atoms. The van der Waals surface area contributed by atoms with Crippen LogP contribution in [0.3, 0.4) is 0 Å². The van der Waals surface area contributed by atoms with Crippen molar-refractivity contribution in [2.45, 2.75) is 0 Å². The standard InChI is InChI=1S/4H2O.2Pb.4H2/h4*1H2;;;4*1H. The molecule has 0 amide bonds. The van der Waals surface area contributed by atoms with Gasteiger partial charge in [0.2, 0.25) is 0 Å². The van der Waals surface area contributed by atoms with Gasteiger partial charge in [0.05, 0.1) is 0 Å². The minimum atomic E-state index is 0. The van der Waals surface area contributed by atoms with Crippen LogP contribution < -0.4 is 0 Å². The van der Waals surface area contributed by atoms with Gasteiger partial charge >= 0.3 is 0 Å². The minimum Gasteiger partial charge on any atom is -0.412 e. The molecule has 0 aromatic carbocycles. The quantitative estimate of drug-likeness (QED) is 0.317. The third kappa shape index (κ3) is 44.0. The summed E-state index contributed by atoms with van der Waals surface area (Å²) in [6.45, 7) is 0. The summed E-state index contributed by atoms with van der Waals surface area (Å²) < 4.78 is 0. The second kappa shape index (κ2) is 76.1. The van der Waals surface area contributed by atoms with E-state index in [4.69, 9.17) is 0 Å². The summed E-state index contributed by atoms with van der Waals surface area (Å²) in [4.78, 5) is 0. The van der Waals surface area contributed by atoms with Crippen molar-refractivity contribution in [2.24, 2.45) is 0 Å². The van der Waals surface area contributed by atoms with E-state index < -0.39 is 0 Å². The summed E-state index contributed by atoms with van der Waals surface area (Å²) in [5.41, 5.74) is 0. The molecular weight excluding hydrogens is 478 g/mol. The Morgan fingerprint density at radius 3 is 0.500 bits per heavy atom. The first-order valence-corrected chi connectivity index (χ1v) is 0. The van der Waals surface area contributed by atoms with Gasteiger partial charge in [-0.05, 0) is 0 Å². The van der Waals surface area contributed by atoms with Crippen molar-refractivity contribution in [1.82, 2.24) is 0 Å². The molecular formula is H16O4Pb2. The molecule has 48 valence electrons. The SMILES string of the molecule is O.O.O.O.[HH].[HH].[HH].[HH].[Pb].[Pb]. The van der Waals surface area contributed by atoms with Crippen molar-refractivity contribution in [2.75, 3.05) is 0 Å². The van der Waals surface area contributed by atoms with Crippen LogP contribution in [0.15, 0.2) is 0 Å². The Morgan fingerprint density at radius 2 is 0.500 bits per heavy atom. The summed E-state index contributed by atoms with van der Waals surface area (Å²) in [5, 5.41) is 0. The minimum absolute atomic E-state index is 0. The first-order valence-electron chi connectivity index (χ1n) is 0. The zero-order valence-electron chi connectivity index (χ0n) is 3.00. The van der Waals surface area contributed by atoms with Crippen molar-refractivity contribution in [3.8, 4) is 0 Å². The molecule has 0 heterocycles. The molecule has 0 aliphatic rings. The molecule has 4 nitrogen and oxygen atoms in total. The van der Waals surface area contributed by atoms with Crippen LogP contribution in [0.1, 0.15) is 5.71 Å². The van der Waals surface area contributed by atoms with E-state index in [0.717, 1.165) is 0 Å². The van der Waals surface area contributed by atoms with Crippen LogP contribution in [-0.2, 0) is 0 Å². The third-order valence-corrected chi connectivity index (χ3v) is 0. The van der Waals surface area contributed by atoms with E-state index in [1.54, 1.807) is 0 Å². The Labute approximate surface area is 81.8 Å². The Kier molecular flexibility index (Phi) is 1540. The van der Waals surface area contributed by atoms with Crippen LogP contribution in [-0.4, -0.2) is 76.5 Å². The van der Waals surface area contributed by atoms with E-state index in [1.165, 1.54) is 0 Å². The molecule has 8 radical (unpaired) electrons. The van der Waals surface area contributed by atoms with Crippen molar-refractivity contribution in [1.29, 1.82) is 0 Å². The normalized spacial score (nSPS) is 0. The number of hydrogen-bond donors (Lipinski definition) is 0. The fraction of sp³-hybridized carbons (Fsp3) is 0. The molecule has 0 aromatic rings. The molecule has 8 N–H and O–H groups in total. The summed E-state index contributed by atoms with van der Waals surface area (Å²) in [6, 6.07) is 0. The van der Waals surface area contributed by atoms with Gasteiger partial charge in [0.1, 0.15) is 0 Å². The third-order valence-electron chi connectivity index (χ3n) is 0. The maximum atomic E-state index is 0. The van der Waals surface area contributed by atoms with Gasteiger partial charge in [0, 0.05) is 60.3 Å². The van der Waals surface area contributed by atoms with Gasteiger partial charge in [0.25, 0.3) is 0 Å². The smallest absolute Gasteiger partial charge is 0 e. The van der Waals surface area contributed by atoms with E-state index in [2.05, 4.69) is 0 Å². The monoisotopic (exact) mass is 496 g/mol. The van der Waals surface area contributed by atoms with Crippen molar-refractivity contribution >= 4 is 54.6 Å². The summed E-state index contributed by atoms with van der Waals surface area (Å²) in [7, 11) is 0. The first-order chi connectivity index (χ1) is 0. The van der Waals surface area contributed by atoms with Crippen LogP contribution >= 0.6 is 0 Å². The molecule has 0 aromatic heterocycles. The molecule has 0 aliphatic heterocycles. The van der Waals surface area contributed by atoms with E-state index >= 15 is 0 Å². The van der Waals surface area contributed by atoms with Gasteiger partial charge in [-0.2, -0.15) is 0 Å².